The summed E-state index contributed by atoms with van der Waals surface area (Å²) in [5.74, 6) is 2.88. The van der Waals surface area contributed by atoms with Crippen molar-refractivity contribution in [1.29, 1.82) is 0 Å². The molecule has 0 spiro atoms. The fourth-order valence-corrected chi connectivity index (χ4v) is 2.60. The Hall–Kier alpha value is -2.10. The SMILES string of the molecule is CCNC(=NCc1oc2ccccc2c1C)NCCc1nc(C)no1.I. The number of furan rings is 1. The molecule has 3 aromatic rings. The van der Waals surface area contributed by atoms with E-state index in [0.717, 1.165) is 34.8 Å². The van der Waals surface area contributed by atoms with Gasteiger partial charge in [0.05, 0.1) is 0 Å². The minimum absolute atomic E-state index is 0. The Morgan fingerprint density at radius 3 is 2.69 bits per heavy atom. The van der Waals surface area contributed by atoms with Gasteiger partial charge in [0, 0.05) is 30.5 Å². The highest BCUT2D eigenvalue weighted by atomic mass is 127. The predicted octanol–water partition coefficient (Wildman–Crippen LogP) is 3.35. The van der Waals surface area contributed by atoms with Gasteiger partial charge in [0.15, 0.2) is 11.8 Å². The zero-order valence-electron chi connectivity index (χ0n) is 15.2. The molecule has 1 aromatic carbocycles. The number of nitrogens with zero attached hydrogens (tertiary/aromatic N) is 3. The second-order valence-electron chi connectivity index (χ2n) is 5.75. The van der Waals surface area contributed by atoms with Crippen LogP contribution in [0.25, 0.3) is 11.0 Å². The van der Waals surface area contributed by atoms with E-state index in [9.17, 15) is 0 Å². The molecule has 2 heterocycles. The number of para-hydroxylation sites is 1. The Labute approximate surface area is 169 Å². The van der Waals surface area contributed by atoms with Gasteiger partial charge >= 0.3 is 0 Å². The number of hydrogen-bond donors (Lipinski definition) is 2. The molecule has 0 atom stereocenters. The van der Waals surface area contributed by atoms with E-state index in [1.54, 1.807) is 0 Å². The van der Waals surface area contributed by atoms with Crippen molar-refractivity contribution in [3.63, 3.8) is 0 Å². The fraction of sp³-hybridized carbons (Fsp3) is 0.389. The molecule has 0 bridgehead atoms. The Morgan fingerprint density at radius 2 is 2.00 bits per heavy atom. The smallest absolute Gasteiger partial charge is 0.228 e. The average Bonchev–Trinajstić information content (AvgIpc) is 3.16. The molecule has 0 unspecified atom stereocenters. The predicted molar refractivity (Wildman–Crippen MR) is 112 cm³/mol. The third-order valence-electron chi connectivity index (χ3n) is 3.87. The van der Waals surface area contributed by atoms with Crippen molar-refractivity contribution in [2.45, 2.75) is 33.7 Å². The first kappa shape index (κ1) is 20.2. The van der Waals surface area contributed by atoms with E-state index < -0.39 is 0 Å². The highest BCUT2D eigenvalue weighted by Gasteiger charge is 2.10. The van der Waals surface area contributed by atoms with Crippen LogP contribution in [0.5, 0.6) is 0 Å². The number of fused-ring (bicyclic) bond motifs is 1. The summed E-state index contributed by atoms with van der Waals surface area (Å²) in [5.41, 5.74) is 2.03. The number of nitrogens with one attached hydrogen (secondary N) is 2. The van der Waals surface area contributed by atoms with Crippen LogP contribution >= 0.6 is 24.0 Å². The number of halogens is 1. The maximum atomic E-state index is 5.91. The summed E-state index contributed by atoms with van der Waals surface area (Å²) in [5, 5.41) is 11.4. The highest BCUT2D eigenvalue weighted by Crippen LogP contribution is 2.25. The maximum Gasteiger partial charge on any atom is 0.228 e. The molecule has 140 valence electrons. The molecule has 2 N–H and O–H groups in total. The van der Waals surface area contributed by atoms with Crippen molar-refractivity contribution in [3.8, 4) is 0 Å². The lowest BCUT2D eigenvalue weighted by molar-refractivity contribution is 0.374. The first-order valence-electron chi connectivity index (χ1n) is 8.45. The van der Waals surface area contributed by atoms with Crippen molar-refractivity contribution in [3.05, 3.63) is 47.3 Å². The lowest BCUT2D eigenvalue weighted by atomic mass is 10.1. The summed E-state index contributed by atoms with van der Waals surface area (Å²) in [6.07, 6.45) is 0.648. The standard InChI is InChI=1S/C18H23N5O2.HI/c1-4-19-18(20-10-9-17-22-13(3)23-25-17)21-11-16-12(2)14-7-5-6-8-15(14)24-16;/h5-8H,4,9-11H2,1-3H3,(H2,19,20,21);1H. The molecule has 8 heteroatoms. The third-order valence-corrected chi connectivity index (χ3v) is 3.87. The van der Waals surface area contributed by atoms with Crippen LogP contribution in [0, 0.1) is 13.8 Å². The van der Waals surface area contributed by atoms with E-state index in [2.05, 4.69) is 38.8 Å². The molecule has 3 rings (SSSR count). The number of aryl methyl sites for hydroxylation is 2. The highest BCUT2D eigenvalue weighted by molar-refractivity contribution is 14.0. The molecule has 0 amide bonds. The van der Waals surface area contributed by atoms with E-state index >= 15 is 0 Å². The summed E-state index contributed by atoms with van der Waals surface area (Å²) in [6, 6.07) is 8.04. The summed E-state index contributed by atoms with van der Waals surface area (Å²) in [6.45, 7) is 7.83. The second kappa shape index (κ2) is 9.56. The average molecular weight is 469 g/mol. The van der Waals surface area contributed by atoms with Crippen LogP contribution < -0.4 is 10.6 Å². The van der Waals surface area contributed by atoms with E-state index in [4.69, 9.17) is 8.94 Å². The van der Waals surface area contributed by atoms with Gasteiger partial charge in [-0.1, -0.05) is 23.4 Å². The van der Waals surface area contributed by atoms with E-state index in [-0.39, 0.29) is 24.0 Å². The molecule has 7 nitrogen and oxygen atoms in total. The number of guanidine groups is 1. The van der Waals surface area contributed by atoms with Gasteiger partial charge in [-0.15, -0.1) is 24.0 Å². The Morgan fingerprint density at radius 1 is 1.19 bits per heavy atom. The number of rotatable bonds is 6. The first-order valence-corrected chi connectivity index (χ1v) is 8.45. The van der Waals surface area contributed by atoms with Crippen LogP contribution in [-0.2, 0) is 13.0 Å². The van der Waals surface area contributed by atoms with Crippen LogP contribution in [0.4, 0.5) is 0 Å². The monoisotopic (exact) mass is 469 g/mol. The molecular formula is C18H24IN5O2. The zero-order chi connectivity index (χ0) is 17.6. The quantitative estimate of drug-likeness (QED) is 0.327. The van der Waals surface area contributed by atoms with E-state index in [1.165, 1.54) is 0 Å². The van der Waals surface area contributed by atoms with Crippen molar-refractivity contribution >= 4 is 40.9 Å². The summed E-state index contributed by atoms with van der Waals surface area (Å²) in [7, 11) is 0. The fourth-order valence-electron chi connectivity index (χ4n) is 2.60. The number of benzene rings is 1. The Kier molecular flexibility index (Phi) is 7.43. The molecule has 2 aromatic heterocycles. The maximum absolute atomic E-state index is 5.91. The molecule has 0 radical (unpaired) electrons. The first-order chi connectivity index (χ1) is 12.2. The summed E-state index contributed by atoms with van der Waals surface area (Å²) in [4.78, 5) is 8.80. The van der Waals surface area contributed by atoms with Gasteiger partial charge in [0.2, 0.25) is 5.89 Å². The zero-order valence-corrected chi connectivity index (χ0v) is 17.5. The van der Waals surface area contributed by atoms with Gasteiger partial charge in [-0.3, -0.25) is 0 Å². The lowest BCUT2D eigenvalue weighted by Crippen LogP contribution is -2.38. The van der Waals surface area contributed by atoms with Crippen LogP contribution in [0.3, 0.4) is 0 Å². The van der Waals surface area contributed by atoms with E-state index in [0.29, 0.717) is 31.2 Å². The molecular weight excluding hydrogens is 445 g/mol. The van der Waals surface area contributed by atoms with Crippen molar-refractivity contribution < 1.29 is 8.94 Å². The van der Waals surface area contributed by atoms with Crippen LogP contribution in [0.2, 0.25) is 0 Å². The molecule has 0 saturated heterocycles. The number of aromatic nitrogens is 2. The molecule has 0 fully saturated rings. The van der Waals surface area contributed by atoms with Crippen LogP contribution in [0.1, 0.15) is 30.0 Å². The van der Waals surface area contributed by atoms with Gasteiger partial charge in [0.25, 0.3) is 0 Å². The Balaban J connectivity index is 0.00000243. The van der Waals surface area contributed by atoms with Gasteiger partial charge < -0.3 is 19.6 Å². The van der Waals surface area contributed by atoms with Gasteiger partial charge in [0.1, 0.15) is 17.9 Å². The van der Waals surface area contributed by atoms with Crippen molar-refractivity contribution in [2.75, 3.05) is 13.1 Å². The topological polar surface area (TPSA) is 88.5 Å². The summed E-state index contributed by atoms with van der Waals surface area (Å²) >= 11 is 0. The third kappa shape index (κ3) is 4.96. The molecule has 0 aliphatic rings. The minimum atomic E-state index is 0. The molecule has 26 heavy (non-hydrogen) atoms. The van der Waals surface area contributed by atoms with Crippen LogP contribution in [0.15, 0.2) is 38.2 Å². The van der Waals surface area contributed by atoms with Crippen molar-refractivity contribution in [1.82, 2.24) is 20.8 Å². The summed E-state index contributed by atoms with van der Waals surface area (Å²) < 4.78 is 11.0. The van der Waals surface area contributed by atoms with Gasteiger partial charge in [-0.2, -0.15) is 4.98 Å². The largest absolute Gasteiger partial charge is 0.459 e. The molecule has 0 saturated carbocycles. The molecule has 0 aliphatic heterocycles. The molecule has 0 aliphatic carbocycles. The normalized spacial score (nSPS) is 11.4. The van der Waals surface area contributed by atoms with Crippen LogP contribution in [-0.4, -0.2) is 29.2 Å². The number of hydrogen-bond acceptors (Lipinski definition) is 5. The second-order valence-corrected chi connectivity index (χ2v) is 5.75. The number of aliphatic imine (C=N–C) groups is 1. The van der Waals surface area contributed by atoms with Gasteiger partial charge in [-0.05, 0) is 26.8 Å². The van der Waals surface area contributed by atoms with E-state index in [1.807, 2.05) is 32.0 Å². The lowest BCUT2D eigenvalue weighted by Gasteiger charge is -2.09. The van der Waals surface area contributed by atoms with Crippen molar-refractivity contribution in [2.24, 2.45) is 4.99 Å². The minimum Gasteiger partial charge on any atom is -0.459 e. The van der Waals surface area contributed by atoms with Gasteiger partial charge in [-0.25, -0.2) is 4.99 Å². The Bertz CT molecular complexity index is 871.